The normalized spacial score (nSPS) is 10.9. The maximum absolute atomic E-state index is 9.24. The molecule has 1 aromatic carbocycles. The second kappa shape index (κ2) is 5.30. The summed E-state index contributed by atoms with van der Waals surface area (Å²) in [5, 5.41) is 9.24. The molecule has 0 aliphatic rings. The maximum atomic E-state index is 9.24. The molecule has 2 heterocycles. The lowest BCUT2D eigenvalue weighted by atomic mass is 10.2. The van der Waals surface area contributed by atoms with Crippen molar-refractivity contribution in [1.82, 2.24) is 14.5 Å². The predicted octanol–water partition coefficient (Wildman–Crippen LogP) is 1.96. The van der Waals surface area contributed by atoms with Crippen LogP contribution in [0.25, 0.3) is 16.9 Å². The molecule has 0 amide bonds. The van der Waals surface area contributed by atoms with Gasteiger partial charge in [-0.3, -0.25) is 4.57 Å². The quantitative estimate of drug-likeness (QED) is 0.786. The number of para-hydroxylation sites is 2. The van der Waals surface area contributed by atoms with Crippen LogP contribution >= 0.6 is 0 Å². The van der Waals surface area contributed by atoms with E-state index in [1.54, 1.807) is 13.3 Å². The molecule has 2 aromatic heterocycles. The average molecular weight is 269 g/mol. The standard InChI is InChI=1S/C15H15N3O2/c1-20-13-7-3-2-6-12(13)18-14(8-10-19)17-11-5-4-9-16-15(11)18/h2-7,9,19H,8,10H2,1H3. The fourth-order valence-electron chi connectivity index (χ4n) is 2.29. The van der Waals surface area contributed by atoms with E-state index in [0.29, 0.717) is 6.42 Å². The van der Waals surface area contributed by atoms with Crippen LogP contribution in [-0.4, -0.2) is 33.4 Å². The highest BCUT2D eigenvalue weighted by molar-refractivity contribution is 5.74. The number of benzene rings is 1. The number of aliphatic hydroxyl groups excluding tert-OH is 1. The van der Waals surface area contributed by atoms with Gasteiger partial charge in [0.1, 0.15) is 17.1 Å². The molecule has 0 saturated heterocycles. The molecule has 1 N–H and O–H groups in total. The molecular weight excluding hydrogens is 254 g/mol. The van der Waals surface area contributed by atoms with Crippen molar-refractivity contribution in [3.8, 4) is 11.4 Å². The van der Waals surface area contributed by atoms with Gasteiger partial charge in [-0.1, -0.05) is 12.1 Å². The van der Waals surface area contributed by atoms with Gasteiger partial charge in [-0.25, -0.2) is 9.97 Å². The van der Waals surface area contributed by atoms with Gasteiger partial charge in [-0.2, -0.15) is 0 Å². The first kappa shape index (κ1) is 12.6. The summed E-state index contributed by atoms with van der Waals surface area (Å²) in [5.41, 5.74) is 2.45. The summed E-state index contributed by atoms with van der Waals surface area (Å²) in [6.07, 6.45) is 2.20. The molecule has 5 heteroatoms. The lowest BCUT2D eigenvalue weighted by Crippen LogP contribution is -2.05. The van der Waals surface area contributed by atoms with Crippen LogP contribution < -0.4 is 4.74 Å². The smallest absolute Gasteiger partial charge is 0.164 e. The predicted molar refractivity (Wildman–Crippen MR) is 76.2 cm³/mol. The molecule has 3 rings (SSSR count). The largest absolute Gasteiger partial charge is 0.495 e. The van der Waals surface area contributed by atoms with Crippen molar-refractivity contribution in [1.29, 1.82) is 0 Å². The SMILES string of the molecule is COc1ccccc1-n1c(CCO)nc2cccnc21. The van der Waals surface area contributed by atoms with Crippen LogP contribution in [0, 0.1) is 0 Å². The monoisotopic (exact) mass is 269 g/mol. The van der Waals surface area contributed by atoms with Crippen LogP contribution in [0.4, 0.5) is 0 Å². The molecule has 0 atom stereocenters. The van der Waals surface area contributed by atoms with E-state index in [2.05, 4.69) is 9.97 Å². The number of imidazole rings is 1. The molecule has 0 aliphatic heterocycles. The first-order chi connectivity index (χ1) is 9.85. The van der Waals surface area contributed by atoms with Gasteiger partial charge in [-0.15, -0.1) is 0 Å². The summed E-state index contributed by atoms with van der Waals surface area (Å²) in [7, 11) is 1.64. The Morgan fingerprint density at radius 3 is 2.85 bits per heavy atom. The van der Waals surface area contributed by atoms with E-state index in [1.165, 1.54) is 0 Å². The Balaban J connectivity index is 2.30. The number of aromatic nitrogens is 3. The Kier molecular flexibility index (Phi) is 3.35. The molecule has 0 fully saturated rings. The van der Waals surface area contributed by atoms with Crippen molar-refractivity contribution in [2.75, 3.05) is 13.7 Å². The highest BCUT2D eigenvalue weighted by Crippen LogP contribution is 2.27. The van der Waals surface area contributed by atoms with Gasteiger partial charge >= 0.3 is 0 Å². The van der Waals surface area contributed by atoms with Crippen molar-refractivity contribution in [3.63, 3.8) is 0 Å². The molecule has 20 heavy (non-hydrogen) atoms. The van der Waals surface area contributed by atoms with Gasteiger partial charge in [0, 0.05) is 12.6 Å². The number of ether oxygens (including phenoxy) is 1. The summed E-state index contributed by atoms with van der Waals surface area (Å²) < 4.78 is 7.35. The lowest BCUT2D eigenvalue weighted by molar-refractivity contribution is 0.296. The fourth-order valence-corrected chi connectivity index (χ4v) is 2.29. The number of nitrogens with zero attached hydrogens (tertiary/aromatic N) is 3. The molecule has 5 nitrogen and oxygen atoms in total. The maximum Gasteiger partial charge on any atom is 0.164 e. The summed E-state index contributed by atoms with van der Waals surface area (Å²) in [6.45, 7) is 0.0401. The number of hydrogen-bond donors (Lipinski definition) is 1. The summed E-state index contributed by atoms with van der Waals surface area (Å²) in [4.78, 5) is 8.94. The number of aliphatic hydroxyl groups is 1. The highest BCUT2D eigenvalue weighted by atomic mass is 16.5. The van der Waals surface area contributed by atoms with Crippen molar-refractivity contribution in [3.05, 3.63) is 48.4 Å². The van der Waals surface area contributed by atoms with Crippen molar-refractivity contribution in [2.24, 2.45) is 0 Å². The number of rotatable bonds is 4. The molecule has 0 bridgehead atoms. The molecule has 0 saturated carbocycles. The van der Waals surface area contributed by atoms with Gasteiger partial charge in [-0.05, 0) is 24.3 Å². The Morgan fingerprint density at radius 2 is 2.05 bits per heavy atom. The van der Waals surface area contributed by atoms with Gasteiger partial charge in [0.05, 0.1) is 19.4 Å². The van der Waals surface area contributed by atoms with E-state index in [-0.39, 0.29) is 6.61 Å². The summed E-state index contributed by atoms with van der Waals surface area (Å²) in [6, 6.07) is 11.5. The van der Waals surface area contributed by atoms with E-state index < -0.39 is 0 Å². The Hall–Kier alpha value is -2.40. The zero-order valence-electron chi connectivity index (χ0n) is 11.2. The van der Waals surface area contributed by atoms with Crippen LogP contribution in [0.15, 0.2) is 42.6 Å². The fraction of sp³-hybridized carbons (Fsp3) is 0.200. The van der Waals surface area contributed by atoms with Crippen molar-refractivity contribution >= 4 is 11.2 Å². The first-order valence-corrected chi connectivity index (χ1v) is 6.41. The van der Waals surface area contributed by atoms with Crippen LogP contribution in [0.1, 0.15) is 5.82 Å². The number of methoxy groups -OCH3 is 1. The van der Waals surface area contributed by atoms with E-state index in [0.717, 1.165) is 28.4 Å². The molecule has 0 aliphatic carbocycles. The molecule has 0 spiro atoms. The van der Waals surface area contributed by atoms with Crippen LogP contribution in [0.2, 0.25) is 0 Å². The highest BCUT2D eigenvalue weighted by Gasteiger charge is 2.15. The minimum atomic E-state index is 0.0401. The zero-order valence-corrected chi connectivity index (χ0v) is 11.2. The Bertz CT molecular complexity index is 737. The molecule has 0 radical (unpaired) electrons. The first-order valence-electron chi connectivity index (χ1n) is 6.41. The van der Waals surface area contributed by atoms with Gasteiger partial charge < -0.3 is 9.84 Å². The lowest BCUT2D eigenvalue weighted by Gasteiger charge is -2.12. The minimum Gasteiger partial charge on any atom is -0.495 e. The van der Waals surface area contributed by atoms with E-state index in [4.69, 9.17) is 4.74 Å². The third kappa shape index (κ3) is 2.02. The number of hydrogen-bond acceptors (Lipinski definition) is 4. The van der Waals surface area contributed by atoms with E-state index in [9.17, 15) is 5.11 Å². The summed E-state index contributed by atoms with van der Waals surface area (Å²) >= 11 is 0. The Labute approximate surface area is 116 Å². The van der Waals surface area contributed by atoms with E-state index in [1.807, 2.05) is 41.0 Å². The second-order valence-electron chi connectivity index (χ2n) is 4.36. The van der Waals surface area contributed by atoms with Crippen molar-refractivity contribution < 1.29 is 9.84 Å². The third-order valence-corrected chi connectivity index (χ3v) is 3.15. The average Bonchev–Trinajstić information content (AvgIpc) is 2.85. The topological polar surface area (TPSA) is 60.2 Å². The van der Waals surface area contributed by atoms with E-state index >= 15 is 0 Å². The van der Waals surface area contributed by atoms with Crippen LogP contribution in [0.3, 0.4) is 0 Å². The molecule has 3 aromatic rings. The van der Waals surface area contributed by atoms with Crippen LogP contribution in [0.5, 0.6) is 5.75 Å². The van der Waals surface area contributed by atoms with Gasteiger partial charge in [0.2, 0.25) is 0 Å². The second-order valence-corrected chi connectivity index (χ2v) is 4.36. The molecule has 102 valence electrons. The number of fused-ring (bicyclic) bond motifs is 1. The van der Waals surface area contributed by atoms with Gasteiger partial charge in [0.15, 0.2) is 5.65 Å². The third-order valence-electron chi connectivity index (χ3n) is 3.15. The summed E-state index contributed by atoms with van der Waals surface area (Å²) in [5.74, 6) is 1.52. The number of pyridine rings is 1. The molecule has 0 unspecified atom stereocenters. The minimum absolute atomic E-state index is 0.0401. The van der Waals surface area contributed by atoms with Gasteiger partial charge in [0.25, 0.3) is 0 Å². The van der Waals surface area contributed by atoms with Crippen LogP contribution in [-0.2, 0) is 6.42 Å². The zero-order chi connectivity index (χ0) is 13.9. The van der Waals surface area contributed by atoms with Crippen molar-refractivity contribution in [2.45, 2.75) is 6.42 Å². The Morgan fingerprint density at radius 1 is 1.20 bits per heavy atom. The molecular formula is C15H15N3O2.